The van der Waals surface area contributed by atoms with Crippen molar-refractivity contribution in [2.24, 2.45) is 11.1 Å². The van der Waals surface area contributed by atoms with E-state index in [1.54, 1.807) is 11.0 Å². The second-order valence-corrected chi connectivity index (χ2v) is 11.4. The van der Waals surface area contributed by atoms with E-state index in [1.807, 2.05) is 49.4 Å². The first-order chi connectivity index (χ1) is 18.6. The second-order valence-electron chi connectivity index (χ2n) is 9.85. The van der Waals surface area contributed by atoms with E-state index >= 15 is 0 Å². The number of carbonyl (C=O) groups excluding carboxylic acids is 3. The fourth-order valence-electron chi connectivity index (χ4n) is 5.05. The molecule has 3 aromatic rings. The fraction of sp³-hybridized carbons (Fsp3) is 0.250. The molecule has 0 saturated carbocycles. The van der Waals surface area contributed by atoms with Gasteiger partial charge in [0.25, 0.3) is 0 Å². The first-order valence-corrected chi connectivity index (χ1v) is 14.1. The number of urea groups is 1. The Hall–Kier alpha value is -4.22. The van der Waals surface area contributed by atoms with Gasteiger partial charge in [0.05, 0.1) is 10.8 Å². The summed E-state index contributed by atoms with van der Waals surface area (Å²) in [4.78, 5) is 41.8. The number of fused-ring (bicyclic) bond motifs is 1. The van der Waals surface area contributed by atoms with Crippen molar-refractivity contribution in [2.45, 2.75) is 31.2 Å². The van der Waals surface area contributed by atoms with Crippen LogP contribution in [0.3, 0.4) is 0 Å². The van der Waals surface area contributed by atoms with Crippen molar-refractivity contribution in [3.63, 3.8) is 0 Å². The number of nitrogens with one attached hydrogen (secondary N) is 2. The van der Waals surface area contributed by atoms with E-state index in [0.29, 0.717) is 36.6 Å². The van der Waals surface area contributed by atoms with Gasteiger partial charge in [-0.05, 0) is 60.9 Å². The lowest BCUT2D eigenvalue weighted by Crippen LogP contribution is -2.41. The predicted octanol–water partition coefficient (Wildman–Crippen LogP) is 3.22. The first kappa shape index (κ1) is 26.4. The Morgan fingerprint density at radius 1 is 1.00 bits per heavy atom. The van der Waals surface area contributed by atoms with Crippen molar-refractivity contribution in [1.29, 1.82) is 0 Å². The Morgan fingerprint density at radius 3 is 2.49 bits per heavy atom. The molecule has 0 aromatic heterocycles. The highest BCUT2D eigenvalue weighted by Gasteiger charge is 2.38. The summed E-state index contributed by atoms with van der Waals surface area (Å²) in [5, 5.41) is 11.0. The van der Waals surface area contributed by atoms with Crippen LogP contribution in [0.2, 0.25) is 0 Å². The zero-order valence-corrected chi connectivity index (χ0v) is 22.2. The van der Waals surface area contributed by atoms with Crippen molar-refractivity contribution < 1.29 is 22.8 Å². The number of rotatable bonds is 5. The molecule has 2 aliphatic rings. The molecule has 1 unspecified atom stereocenters. The summed E-state index contributed by atoms with van der Waals surface area (Å²) in [6.45, 7) is 2.96. The summed E-state index contributed by atoms with van der Waals surface area (Å²) < 4.78 is 23.4. The fourth-order valence-corrected chi connectivity index (χ4v) is 5.60. The minimum atomic E-state index is -3.92. The molecule has 4 N–H and O–H groups in total. The number of hydrogen-bond acceptors (Lipinski definition) is 5. The Balaban J connectivity index is 1.24. The van der Waals surface area contributed by atoms with Crippen LogP contribution in [0.15, 0.2) is 71.6 Å². The lowest BCUT2D eigenvalue weighted by Gasteiger charge is -2.32. The molecule has 0 aliphatic carbocycles. The topological polar surface area (TPSA) is 142 Å². The van der Waals surface area contributed by atoms with Gasteiger partial charge < -0.3 is 20.4 Å². The maximum Gasteiger partial charge on any atom is 0.323 e. The minimum absolute atomic E-state index is 0.0442. The molecule has 2 aliphatic heterocycles. The Kier molecular flexibility index (Phi) is 7.11. The highest BCUT2D eigenvalue weighted by atomic mass is 32.2. The quantitative estimate of drug-likeness (QED) is 0.450. The zero-order valence-electron chi connectivity index (χ0n) is 21.4. The van der Waals surface area contributed by atoms with Gasteiger partial charge in [-0.15, -0.1) is 0 Å². The molecule has 4 amide bonds. The van der Waals surface area contributed by atoms with Gasteiger partial charge in [-0.3, -0.25) is 9.59 Å². The average molecular weight is 548 g/mol. The van der Waals surface area contributed by atoms with Gasteiger partial charge in [-0.25, -0.2) is 18.4 Å². The third-order valence-electron chi connectivity index (χ3n) is 7.07. The highest BCUT2D eigenvalue weighted by Crippen LogP contribution is 2.31. The highest BCUT2D eigenvalue weighted by molar-refractivity contribution is 7.89. The molecule has 39 heavy (non-hydrogen) atoms. The number of sulfonamides is 1. The number of anilines is 3. The first-order valence-electron chi connectivity index (χ1n) is 12.6. The number of aryl methyl sites for hydroxylation is 1. The van der Waals surface area contributed by atoms with Crippen LogP contribution in [-0.2, 0) is 32.6 Å². The van der Waals surface area contributed by atoms with Crippen molar-refractivity contribution in [3.05, 3.63) is 83.4 Å². The van der Waals surface area contributed by atoms with Crippen LogP contribution in [0.5, 0.6) is 0 Å². The van der Waals surface area contributed by atoms with Crippen LogP contribution in [0.1, 0.15) is 23.1 Å². The molecule has 0 spiro atoms. The van der Waals surface area contributed by atoms with Gasteiger partial charge in [0.2, 0.25) is 21.8 Å². The summed E-state index contributed by atoms with van der Waals surface area (Å²) >= 11 is 0. The molecular weight excluding hydrogens is 518 g/mol. The number of nitrogens with zero attached hydrogens (tertiary/aromatic N) is 2. The van der Waals surface area contributed by atoms with Crippen LogP contribution in [0, 0.1) is 12.8 Å². The monoisotopic (exact) mass is 547 g/mol. The molecule has 1 fully saturated rings. The molecule has 0 bridgehead atoms. The Bertz CT molecular complexity index is 1550. The van der Waals surface area contributed by atoms with Gasteiger partial charge in [0, 0.05) is 43.1 Å². The minimum Gasteiger partial charge on any atom is -0.338 e. The molecule has 10 nitrogen and oxygen atoms in total. The molecule has 3 aromatic carbocycles. The van der Waals surface area contributed by atoms with Crippen LogP contribution in [0.4, 0.5) is 21.9 Å². The smallest absolute Gasteiger partial charge is 0.323 e. The van der Waals surface area contributed by atoms with Crippen molar-refractivity contribution in [2.75, 3.05) is 28.6 Å². The third-order valence-corrected chi connectivity index (χ3v) is 7.98. The molecule has 2 heterocycles. The van der Waals surface area contributed by atoms with Crippen LogP contribution >= 0.6 is 0 Å². The number of primary sulfonamides is 1. The lowest BCUT2D eigenvalue weighted by molar-refractivity contribution is -0.136. The summed E-state index contributed by atoms with van der Waals surface area (Å²) in [6, 6.07) is 18.6. The van der Waals surface area contributed by atoms with Crippen LogP contribution in [0.25, 0.3) is 0 Å². The average Bonchev–Trinajstić information content (AvgIpc) is 3.30. The summed E-state index contributed by atoms with van der Waals surface area (Å²) in [6.07, 6.45) is 0.603. The lowest BCUT2D eigenvalue weighted by atomic mass is 9.96. The maximum atomic E-state index is 13.4. The third kappa shape index (κ3) is 5.79. The second kappa shape index (κ2) is 10.5. The van der Waals surface area contributed by atoms with Gasteiger partial charge >= 0.3 is 6.03 Å². The number of benzene rings is 3. The molecule has 202 valence electrons. The summed E-state index contributed by atoms with van der Waals surface area (Å²) in [7, 11) is -3.92. The van der Waals surface area contributed by atoms with E-state index in [-0.39, 0.29) is 35.7 Å². The van der Waals surface area contributed by atoms with E-state index in [0.717, 1.165) is 16.7 Å². The van der Waals surface area contributed by atoms with Crippen LogP contribution < -0.4 is 20.7 Å². The maximum absolute atomic E-state index is 13.4. The zero-order chi connectivity index (χ0) is 27.7. The Labute approximate surface area is 226 Å². The largest absolute Gasteiger partial charge is 0.338 e. The molecule has 0 radical (unpaired) electrons. The number of hydrogen-bond donors (Lipinski definition) is 3. The van der Waals surface area contributed by atoms with Gasteiger partial charge in [-0.1, -0.05) is 35.9 Å². The summed E-state index contributed by atoms with van der Waals surface area (Å²) in [5.41, 5.74) is 4.79. The molecule has 1 saturated heterocycles. The van der Waals surface area contributed by atoms with E-state index in [4.69, 9.17) is 5.14 Å². The molecule has 5 rings (SSSR count). The SMILES string of the molecule is Cc1ccc(NC(=O)Nc2cccc3c2CCN(C(=O)C2CC(=O)N(c4cccc(S(N)(=O)=O)c4)C2)C3)cc1. The van der Waals surface area contributed by atoms with E-state index in [1.165, 1.54) is 23.1 Å². The van der Waals surface area contributed by atoms with Crippen molar-refractivity contribution in [1.82, 2.24) is 4.90 Å². The van der Waals surface area contributed by atoms with Gasteiger partial charge in [0.1, 0.15) is 0 Å². The molecule has 11 heteroatoms. The van der Waals surface area contributed by atoms with E-state index in [9.17, 15) is 22.8 Å². The standard InChI is InChI=1S/C28H29N5O5S/c1-18-8-10-21(11-9-18)30-28(36)31-25-7-2-4-19-16-32(13-12-24(19)25)27(35)20-14-26(34)33(17-20)22-5-3-6-23(15-22)39(29,37)38/h2-11,15,20H,12-14,16-17H2,1H3,(H2,29,37,38)(H2,30,31,36). The van der Waals surface area contributed by atoms with E-state index < -0.39 is 15.9 Å². The summed E-state index contributed by atoms with van der Waals surface area (Å²) in [5.74, 6) is -0.920. The normalized spacial score (nSPS) is 17.1. The Morgan fingerprint density at radius 2 is 1.74 bits per heavy atom. The van der Waals surface area contributed by atoms with E-state index in [2.05, 4.69) is 10.6 Å². The van der Waals surface area contributed by atoms with Crippen molar-refractivity contribution >= 4 is 44.9 Å². The van der Waals surface area contributed by atoms with Gasteiger partial charge in [0.15, 0.2) is 0 Å². The number of carbonyl (C=O) groups is 3. The van der Waals surface area contributed by atoms with Crippen molar-refractivity contribution in [3.8, 4) is 0 Å². The molecular formula is C28H29N5O5S. The van der Waals surface area contributed by atoms with Gasteiger partial charge in [-0.2, -0.15) is 0 Å². The van der Waals surface area contributed by atoms with Crippen LogP contribution in [-0.4, -0.2) is 44.3 Å². The predicted molar refractivity (Wildman–Crippen MR) is 148 cm³/mol. The number of nitrogens with two attached hydrogens (primary N) is 1. The number of amides is 4. The molecule has 1 atom stereocenters.